The van der Waals surface area contributed by atoms with Gasteiger partial charge in [0.1, 0.15) is 5.84 Å². The van der Waals surface area contributed by atoms with E-state index in [4.69, 9.17) is 10.9 Å². The summed E-state index contributed by atoms with van der Waals surface area (Å²) in [5.41, 5.74) is 5.61. The van der Waals surface area contributed by atoms with E-state index in [-0.39, 0.29) is 23.8 Å². The zero-order valence-corrected chi connectivity index (χ0v) is 9.85. The molecule has 2 saturated carbocycles. The molecule has 0 saturated heterocycles. The summed E-state index contributed by atoms with van der Waals surface area (Å²) in [4.78, 5) is 11.7. The van der Waals surface area contributed by atoms with E-state index >= 15 is 0 Å². The van der Waals surface area contributed by atoms with Crippen LogP contribution in [0.4, 0.5) is 4.79 Å². The van der Waals surface area contributed by atoms with Crippen molar-refractivity contribution in [3.8, 4) is 0 Å². The highest BCUT2D eigenvalue weighted by Crippen LogP contribution is 2.26. The third-order valence-electron chi connectivity index (χ3n) is 3.77. The van der Waals surface area contributed by atoms with Crippen LogP contribution in [-0.2, 0) is 0 Å². The molecule has 2 amide bonds. The molecule has 5 N–H and O–H groups in total. The third-order valence-corrected chi connectivity index (χ3v) is 3.77. The minimum absolute atomic E-state index is 0.00836. The van der Waals surface area contributed by atoms with Gasteiger partial charge in [-0.3, -0.25) is 0 Å². The summed E-state index contributed by atoms with van der Waals surface area (Å²) >= 11 is 0. The average molecular weight is 240 g/mol. The number of hydrogen-bond donors (Lipinski definition) is 4. The highest BCUT2D eigenvalue weighted by molar-refractivity contribution is 5.84. The number of nitrogens with two attached hydrogens (primary N) is 1. The maximum atomic E-state index is 11.7. The number of oxime groups is 1. The standard InChI is InChI=1S/C11H20N4O2/c12-10(15-17)8-5-2-6-9(8)14-11(16)13-7-3-1-4-7/h7-9,17H,1-6H2,(H2,12,15)(H2,13,14,16). The Balaban J connectivity index is 1.82. The van der Waals surface area contributed by atoms with Gasteiger partial charge in [0.05, 0.1) is 0 Å². The van der Waals surface area contributed by atoms with Gasteiger partial charge in [0.25, 0.3) is 0 Å². The lowest BCUT2D eigenvalue weighted by Crippen LogP contribution is -2.50. The molecular formula is C11H20N4O2. The zero-order chi connectivity index (χ0) is 12.3. The quantitative estimate of drug-likeness (QED) is 0.253. The number of nitrogens with one attached hydrogen (secondary N) is 2. The van der Waals surface area contributed by atoms with Crippen molar-refractivity contribution in [1.29, 1.82) is 0 Å². The molecule has 6 heteroatoms. The maximum Gasteiger partial charge on any atom is 0.315 e. The Morgan fingerprint density at radius 3 is 2.47 bits per heavy atom. The van der Waals surface area contributed by atoms with Crippen molar-refractivity contribution in [1.82, 2.24) is 10.6 Å². The van der Waals surface area contributed by atoms with Crippen LogP contribution in [0.2, 0.25) is 0 Å². The predicted molar refractivity (Wildman–Crippen MR) is 63.8 cm³/mol. The molecule has 96 valence electrons. The maximum absolute atomic E-state index is 11.7. The van der Waals surface area contributed by atoms with Crippen molar-refractivity contribution in [2.75, 3.05) is 0 Å². The highest BCUT2D eigenvalue weighted by Gasteiger charge is 2.32. The van der Waals surface area contributed by atoms with Gasteiger partial charge in [-0.25, -0.2) is 4.79 Å². The normalized spacial score (nSPS) is 29.8. The molecule has 2 atom stereocenters. The SMILES string of the molecule is NC(=NO)C1CCCC1NC(=O)NC1CCC1. The van der Waals surface area contributed by atoms with Gasteiger partial charge in [0.15, 0.2) is 0 Å². The van der Waals surface area contributed by atoms with Gasteiger partial charge in [0, 0.05) is 18.0 Å². The summed E-state index contributed by atoms with van der Waals surface area (Å²) in [6.45, 7) is 0. The largest absolute Gasteiger partial charge is 0.409 e. The molecule has 17 heavy (non-hydrogen) atoms. The molecule has 0 heterocycles. The van der Waals surface area contributed by atoms with E-state index in [0.717, 1.165) is 32.1 Å². The van der Waals surface area contributed by atoms with E-state index in [1.807, 2.05) is 0 Å². The van der Waals surface area contributed by atoms with Crippen LogP contribution in [0.15, 0.2) is 5.16 Å². The number of rotatable bonds is 3. The molecule has 6 nitrogen and oxygen atoms in total. The molecule has 2 rings (SSSR count). The minimum atomic E-state index is -0.127. The summed E-state index contributed by atoms with van der Waals surface area (Å²) in [7, 11) is 0. The van der Waals surface area contributed by atoms with Crippen LogP contribution in [0, 0.1) is 5.92 Å². The van der Waals surface area contributed by atoms with E-state index in [2.05, 4.69) is 15.8 Å². The number of nitrogens with zero attached hydrogens (tertiary/aromatic N) is 1. The summed E-state index contributed by atoms with van der Waals surface area (Å²) < 4.78 is 0. The number of hydrogen-bond acceptors (Lipinski definition) is 3. The number of urea groups is 1. The van der Waals surface area contributed by atoms with Crippen LogP contribution in [0.1, 0.15) is 38.5 Å². The number of carbonyl (C=O) groups excluding carboxylic acids is 1. The monoisotopic (exact) mass is 240 g/mol. The number of amides is 2. The lowest BCUT2D eigenvalue weighted by Gasteiger charge is -2.28. The third kappa shape index (κ3) is 2.81. The molecule has 0 aromatic carbocycles. The fourth-order valence-corrected chi connectivity index (χ4v) is 2.51. The first-order valence-electron chi connectivity index (χ1n) is 6.25. The Morgan fingerprint density at radius 2 is 1.88 bits per heavy atom. The molecule has 2 fully saturated rings. The minimum Gasteiger partial charge on any atom is -0.409 e. The lowest BCUT2D eigenvalue weighted by molar-refractivity contribution is 0.223. The predicted octanol–water partition coefficient (Wildman–Crippen LogP) is 0.753. The van der Waals surface area contributed by atoms with E-state index in [9.17, 15) is 4.79 Å². The first-order chi connectivity index (χ1) is 8.20. The van der Waals surface area contributed by atoms with Crippen LogP contribution in [0.5, 0.6) is 0 Å². The molecule has 0 radical (unpaired) electrons. The van der Waals surface area contributed by atoms with Gasteiger partial charge in [0.2, 0.25) is 0 Å². The topological polar surface area (TPSA) is 99.7 Å². The molecule has 0 spiro atoms. The summed E-state index contributed by atoms with van der Waals surface area (Å²) in [5.74, 6) is 0.184. The first kappa shape index (κ1) is 12.0. The molecule has 0 aliphatic heterocycles. The van der Waals surface area contributed by atoms with Gasteiger partial charge < -0.3 is 21.6 Å². The van der Waals surface area contributed by atoms with Gasteiger partial charge in [-0.1, -0.05) is 11.6 Å². The second-order valence-electron chi connectivity index (χ2n) is 4.91. The van der Waals surface area contributed by atoms with Crippen molar-refractivity contribution in [2.45, 2.75) is 50.6 Å². The van der Waals surface area contributed by atoms with Gasteiger partial charge in [-0.2, -0.15) is 0 Å². The van der Waals surface area contributed by atoms with Crippen molar-refractivity contribution >= 4 is 11.9 Å². The highest BCUT2D eigenvalue weighted by atomic mass is 16.4. The fourth-order valence-electron chi connectivity index (χ4n) is 2.51. The molecule has 2 unspecified atom stereocenters. The van der Waals surface area contributed by atoms with Crippen molar-refractivity contribution in [3.05, 3.63) is 0 Å². The first-order valence-corrected chi connectivity index (χ1v) is 6.25. The fraction of sp³-hybridized carbons (Fsp3) is 0.818. The van der Waals surface area contributed by atoms with Crippen LogP contribution in [-0.4, -0.2) is 29.2 Å². The summed E-state index contributed by atoms with van der Waals surface area (Å²) in [5, 5.41) is 17.6. The molecule has 0 aromatic rings. The molecular weight excluding hydrogens is 220 g/mol. The van der Waals surface area contributed by atoms with Crippen LogP contribution in [0.25, 0.3) is 0 Å². The number of amidine groups is 1. The Labute approximate surface area is 101 Å². The molecule has 0 aromatic heterocycles. The van der Waals surface area contributed by atoms with Gasteiger partial charge >= 0.3 is 6.03 Å². The Kier molecular flexibility index (Phi) is 3.71. The average Bonchev–Trinajstić information content (AvgIpc) is 2.70. The second kappa shape index (κ2) is 5.25. The second-order valence-corrected chi connectivity index (χ2v) is 4.91. The van der Waals surface area contributed by atoms with E-state index < -0.39 is 0 Å². The Hall–Kier alpha value is -1.46. The van der Waals surface area contributed by atoms with Crippen LogP contribution >= 0.6 is 0 Å². The van der Waals surface area contributed by atoms with Crippen LogP contribution in [0.3, 0.4) is 0 Å². The van der Waals surface area contributed by atoms with Crippen molar-refractivity contribution < 1.29 is 10.0 Å². The molecule has 2 aliphatic rings. The number of carbonyl (C=O) groups is 1. The van der Waals surface area contributed by atoms with Crippen molar-refractivity contribution in [2.24, 2.45) is 16.8 Å². The van der Waals surface area contributed by atoms with Crippen molar-refractivity contribution in [3.63, 3.8) is 0 Å². The Bertz CT molecular complexity index is 315. The summed E-state index contributed by atoms with van der Waals surface area (Å²) in [6, 6.07) is 0.196. The Morgan fingerprint density at radius 1 is 1.18 bits per heavy atom. The van der Waals surface area contributed by atoms with Gasteiger partial charge in [-0.15, -0.1) is 0 Å². The van der Waals surface area contributed by atoms with E-state index in [1.165, 1.54) is 6.42 Å². The smallest absolute Gasteiger partial charge is 0.315 e. The van der Waals surface area contributed by atoms with E-state index in [1.54, 1.807) is 0 Å². The molecule has 0 bridgehead atoms. The lowest BCUT2D eigenvalue weighted by atomic mass is 9.93. The van der Waals surface area contributed by atoms with Crippen LogP contribution < -0.4 is 16.4 Å². The molecule has 2 aliphatic carbocycles. The zero-order valence-electron chi connectivity index (χ0n) is 9.85. The van der Waals surface area contributed by atoms with E-state index in [0.29, 0.717) is 6.04 Å². The summed E-state index contributed by atoms with van der Waals surface area (Å²) in [6.07, 6.45) is 6.09. The van der Waals surface area contributed by atoms with Gasteiger partial charge in [-0.05, 0) is 32.1 Å².